The number of sulfone groups is 1. The Hall–Kier alpha value is -4.25. The van der Waals surface area contributed by atoms with Crippen LogP contribution in [0.1, 0.15) is 15.9 Å². The van der Waals surface area contributed by atoms with Gasteiger partial charge in [-0.1, -0.05) is 0 Å². The summed E-state index contributed by atoms with van der Waals surface area (Å²) in [5.41, 5.74) is 1.39. The summed E-state index contributed by atoms with van der Waals surface area (Å²) in [6.07, 6.45) is 1.07. The second-order valence-electron chi connectivity index (χ2n) is 8.22. The van der Waals surface area contributed by atoms with Gasteiger partial charge in [-0.2, -0.15) is 0 Å². The zero-order valence-electron chi connectivity index (χ0n) is 20.2. The standard InChI is InChI=1S/C26H24FNO8S/c1-33-18-8-15(9-19(10-18)34-2)13-35-23-11-20-22(12-21(23)28-14-37(3,31)32)36-25(24(20)26(29)30)16-4-6-17(27)7-5-16/h4-12,28H,13-14H2,1-3H3,(H,29,30). The van der Waals surface area contributed by atoms with Crippen LogP contribution in [0.15, 0.2) is 59.0 Å². The molecule has 4 aromatic rings. The van der Waals surface area contributed by atoms with E-state index >= 15 is 0 Å². The summed E-state index contributed by atoms with van der Waals surface area (Å²) >= 11 is 0. The van der Waals surface area contributed by atoms with Gasteiger partial charge in [0.15, 0.2) is 9.84 Å². The van der Waals surface area contributed by atoms with Gasteiger partial charge in [0.1, 0.15) is 52.5 Å². The molecule has 0 spiro atoms. The van der Waals surface area contributed by atoms with E-state index in [9.17, 15) is 22.7 Å². The Bertz CT molecular complexity index is 1540. The molecular weight excluding hydrogens is 505 g/mol. The number of rotatable bonds is 10. The number of methoxy groups -OCH3 is 2. The lowest BCUT2D eigenvalue weighted by atomic mass is 10.0. The van der Waals surface area contributed by atoms with Crippen LogP contribution < -0.4 is 19.5 Å². The maximum absolute atomic E-state index is 13.4. The number of benzene rings is 3. The van der Waals surface area contributed by atoms with E-state index in [0.29, 0.717) is 22.6 Å². The fourth-order valence-corrected chi connectivity index (χ4v) is 4.13. The lowest BCUT2D eigenvalue weighted by Gasteiger charge is -2.14. The molecule has 0 aliphatic carbocycles. The fourth-order valence-electron chi connectivity index (χ4n) is 3.72. The second-order valence-corrected chi connectivity index (χ2v) is 10.4. The van der Waals surface area contributed by atoms with E-state index in [4.69, 9.17) is 18.6 Å². The molecule has 9 nitrogen and oxygen atoms in total. The van der Waals surface area contributed by atoms with Crippen molar-refractivity contribution in [1.29, 1.82) is 0 Å². The topological polar surface area (TPSA) is 124 Å². The van der Waals surface area contributed by atoms with Gasteiger partial charge in [-0.15, -0.1) is 0 Å². The summed E-state index contributed by atoms with van der Waals surface area (Å²) in [6.45, 7) is 0.0394. The molecule has 11 heteroatoms. The van der Waals surface area contributed by atoms with Crippen molar-refractivity contribution in [1.82, 2.24) is 0 Å². The summed E-state index contributed by atoms with van der Waals surface area (Å²) < 4.78 is 59.5. The van der Waals surface area contributed by atoms with Crippen LogP contribution in [-0.4, -0.2) is 45.8 Å². The van der Waals surface area contributed by atoms with E-state index in [1.807, 2.05) is 0 Å². The van der Waals surface area contributed by atoms with Crippen LogP contribution in [0.4, 0.5) is 10.1 Å². The summed E-state index contributed by atoms with van der Waals surface area (Å²) in [5, 5.41) is 13.0. The molecule has 194 valence electrons. The lowest BCUT2D eigenvalue weighted by Crippen LogP contribution is -2.13. The number of nitrogens with one attached hydrogen (secondary N) is 1. The van der Waals surface area contributed by atoms with Gasteiger partial charge in [0, 0.05) is 29.3 Å². The highest BCUT2D eigenvalue weighted by Crippen LogP contribution is 2.39. The second kappa shape index (κ2) is 10.4. The van der Waals surface area contributed by atoms with E-state index in [0.717, 1.165) is 6.26 Å². The van der Waals surface area contributed by atoms with Crippen molar-refractivity contribution in [3.05, 3.63) is 71.5 Å². The zero-order valence-corrected chi connectivity index (χ0v) is 21.0. The summed E-state index contributed by atoms with van der Waals surface area (Å²) in [4.78, 5) is 12.2. The largest absolute Gasteiger partial charge is 0.497 e. The monoisotopic (exact) mass is 529 g/mol. The van der Waals surface area contributed by atoms with Crippen LogP contribution in [0.2, 0.25) is 0 Å². The summed E-state index contributed by atoms with van der Waals surface area (Å²) in [7, 11) is -0.362. The molecule has 0 saturated carbocycles. The first kappa shape index (κ1) is 25.8. The van der Waals surface area contributed by atoms with Crippen molar-refractivity contribution in [2.24, 2.45) is 0 Å². The molecule has 3 aromatic carbocycles. The summed E-state index contributed by atoms with van der Waals surface area (Å²) in [6, 6.07) is 13.4. The number of ether oxygens (including phenoxy) is 3. The number of aromatic carboxylic acids is 1. The minimum atomic E-state index is -3.40. The van der Waals surface area contributed by atoms with Crippen molar-refractivity contribution in [2.75, 3.05) is 31.7 Å². The Morgan fingerprint density at radius 2 is 1.68 bits per heavy atom. The Kier molecular flexibility index (Phi) is 7.25. The predicted octanol–water partition coefficient (Wildman–Crippen LogP) is 4.95. The van der Waals surface area contributed by atoms with Crippen molar-refractivity contribution < 1.29 is 41.3 Å². The predicted molar refractivity (Wildman–Crippen MR) is 136 cm³/mol. The number of carbonyl (C=O) groups is 1. The van der Waals surface area contributed by atoms with Gasteiger partial charge in [0.2, 0.25) is 0 Å². The molecule has 0 aliphatic heterocycles. The SMILES string of the molecule is COc1cc(COc2cc3c(C(=O)O)c(-c4ccc(F)cc4)oc3cc2NCS(C)(=O)=O)cc(OC)c1. The number of hydrogen-bond donors (Lipinski definition) is 2. The average molecular weight is 530 g/mol. The zero-order chi connectivity index (χ0) is 26.7. The highest BCUT2D eigenvalue weighted by molar-refractivity contribution is 7.90. The third-order valence-corrected chi connectivity index (χ3v) is 6.11. The number of halogens is 1. The molecule has 1 heterocycles. The van der Waals surface area contributed by atoms with Crippen molar-refractivity contribution >= 4 is 32.5 Å². The Labute approximate surface area is 212 Å². The maximum atomic E-state index is 13.4. The molecule has 1 aromatic heterocycles. The molecule has 0 saturated heterocycles. The first-order valence-corrected chi connectivity index (χ1v) is 13.0. The third-order valence-electron chi connectivity index (χ3n) is 5.44. The first-order valence-electron chi connectivity index (χ1n) is 10.9. The van der Waals surface area contributed by atoms with Gasteiger partial charge >= 0.3 is 5.97 Å². The molecule has 0 bridgehead atoms. The molecule has 0 aliphatic rings. The molecule has 0 fully saturated rings. The van der Waals surface area contributed by atoms with Gasteiger partial charge in [0.05, 0.1) is 19.9 Å². The van der Waals surface area contributed by atoms with Crippen LogP contribution in [-0.2, 0) is 16.4 Å². The minimum absolute atomic E-state index is 0.0336. The molecular formula is C26H24FNO8S. The molecule has 0 amide bonds. The van der Waals surface area contributed by atoms with Crippen molar-refractivity contribution in [2.45, 2.75) is 6.61 Å². The number of carboxylic acid groups (broad SMARTS) is 1. The number of furan rings is 1. The molecule has 0 unspecified atom stereocenters. The molecule has 37 heavy (non-hydrogen) atoms. The van der Waals surface area contributed by atoms with Crippen LogP contribution in [0.25, 0.3) is 22.3 Å². The van der Waals surface area contributed by atoms with Crippen LogP contribution in [0, 0.1) is 5.82 Å². The number of fused-ring (bicyclic) bond motifs is 1. The average Bonchev–Trinajstić information content (AvgIpc) is 3.24. The van der Waals surface area contributed by atoms with Crippen molar-refractivity contribution in [3.63, 3.8) is 0 Å². The Balaban J connectivity index is 1.80. The van der Waals surface area contributed by atoms with E-state index in [2.05, 4.69) is 5.32 Å². The Morgan fingerprint density at radius 3 is 2.24 bits per heavy atom. The highest BCUT2D eigenvalue weighted by atomic mass is 32.2. The number of anilines is 1. The lowest BCUT2D eigenvalue weighted by molar-refractivity contribution is 0.0699. The first-order chi connectivity index (χ1) is 17.6. The van der Waals surface area contributed by atoms with Crippen LogP contribution in [0.3, 0.4) is 0 Å². The molecule has 0 radical (unpaired) electrons. The smallest absolute Gasteiger partial charge is 0.340 e. The van der Waals surface area contributed by atoms with E-state index in [1.54, 1.807) is 18.2 Å². The summed E-state index contributed by atoms with van der Waals surface area (Å²) in [5.74, 6) is -0.781. The highest BCUT2D eigenvalue weighted by Gasteiger charge is 2.24. The minimum Gasteiger partial charge on any atom is -0.497 e. The quantitative estimate of drug-likeness (QED) is 0.294. The molecule has 0 atom stereocenters. The fraction of sp³-hybridized carbons (Fsp3) is 0.192. The van der Waals surface area contributed by atoms with Gasteiger partial charge in [0.25, 0.3) is 0 Å². The van der Waals surface area contributed by atoms with Gasteiger partial charge in [-0.05, 0) is 48.0 Å². The van der Waals surface area contributed by atoms with Crippen molar-refractivity contribution in [3.8, 4) is 28.6 Å². The Morgan fingerprint density at radius 1 is 1.03 bits per heavy atom. The van der Waals surface area contributed by atoms with E-state index < -0.39 is 21.6 Å². The van der Waals surface area contributed by atoms with Gasteiger partial charge < -0.3 is 29.1 Å². The van der Waals surface area contributed by atoms with E-state index in [-0.39, 0.29) is 46.2 Å². The molecule has 2 N–H and O–H groups in total. The van der Waals surface area contributed by atoms with Crippen LogP contribution in [0.5, 0.6) is 17.2 Å². The normalized spacial score (nSPS) is 11.4. The third kappa shape index (κ3) is 5.95. The van der Waals surface area contributed by atoms with E-state index in [1.165, 1.54) is 50.6 Å². The maximum Gasteiger partial charge on any atom is 0.340 e. The van der Waals surface area contributed by atoms with Gasteiger partial charge in [-0.3, -0.25) is 0 Å². The van der Waals surface area contributed by atoms with Gasteiger partial charge in [-0.25, -0.2) is 17.6 Å². The van der Waals surface area contributed by atoms with Crippen LogP contribution >= 0.6 is 0 Å². The molecule has 4 rings (SSSR count). The number of carboxylic acids is 1. The number of hydrogen-bond acceptors (Lipinski definition) is 8.